The number of anilines is 2. The van der Waals surface area contributed by atoms with E-state index in [0.29, 0.717) is 17.1 Å². The molecule has 1 aromatic heterocycles. The Morgan fingerprint density at radius 1 is 0.897 bits per heavy atom. The van der Waals surface area contributed by atoms with E-state index in [4.69, 9.17) is 4.98 Å². The van der Waals surface area contributed by atoms with Crippen LogP contribution in [0.5, 0.6) is 0 Å². The number of nitrogens with zero attached hydrogens (tertiary/aromatic N) is 2. The monoisotopic (exact) mass is 388 g/mol. The lowest BCUT2D eigenvalue weighted by atomic mass is 10.1. The Labute approximate surface area is 170 Å². The summed E-state index contributed by atoms with van der Waals surface area (Å²) < 4.78 is 2.21. The van der Waals surface area contributed by atoms with Crippen molar-refractivity contribution in [1.82, 2.24) is 9.55 Å². The molecule has 1 aliphatic rings. The first kappa shape index (κ1) is 18.9. The van der Waals surface area contributed by atoms with E-state index in [1.165, 1.54) is 6.92 Å². The van der Waals surface area contributed by atoms with Crippen molar-refractivity contribution in [2.75, 3.05) is 10.6 Å². The Morgan fingerprint density at radius 2 is 1.59 bits per heavy atom. The van der Waals surface area contributed by atoms with E-state index in [-0.39, 0.29) is 11.8 Å². The van der Waals surface area contributed by atoms with E-state index in [1.54, 1.807) is 24.3 Å². The molecule has 0 aliphatic carbocycles. The molecule has 2 aromatic carbocycles. The molecule has 0 saturated heterocycles. The SMILES string of the molecule is CC(=O)Nc1ccc(NC(=O)c2nc(-c3ccccc3)n3c2CCCCC3)cc1. The third-order valence-corrected chi connectivity index (χ3v) is 5.08. The highest BCUT2D eigenvalue weighted by Gasteiger charge is 2.24. The summed E-state index contributed by atoms with van der Waals surface area (Å²) in [5.41, 5.74) is 3.89. The summed E-state index contributed by atoms with van der Waals surface area (Å²) in [6.45, 7) is 2.34. The van der Waals surface area contributed by atoms with Crippen LogP contribution in [0.3, 0.4) is 0 Å². The summed E-state index contributed by atoms with van der Waals surface area (Å²) in [6.07, 6.45) is 4.16. The Hall–Kier alpha value is -3.41. The molecule has 148 valence electrons. The smallest absolute Gasteiger partial charge is 0.276 e. The van der Waals surface area contributed by atoms with Gasteiger partial charge in [0, 0.05) is 30.4 Å². The van der Waals surface area contributed by atoms with Gasteiger partial charge in [0.25, 0.3) is 5.91 Å². The number of imidazole rings is 1. The maximum absolute atomic E-state index is 13.0. The number of aromatic nitrogens is 2. The zero-order valence-electron chi connectivity index (χ0n) is 16.4. The number of nitrogens with one attached hydrogen (secondary N) is 2. The topological polar surface area (TPSA) is 76.0 Å². The normalized spacial score (nSPS) is 13.3. The number of amides is 2. The fraction of sp³-hybridized carbons (Fsp3) is 0.261. The van der Waals surface area contributed by atoms with E-state index in [9.17, 15) is 9.59 Å². The molecule has 2 amide bonds. The van der Waals surface area contributed by atoms with Gasteiger partial charge in [-0.25, -0.2) is 4.98 Å². The third kappa shape index (κ3) is 4.21. The van der Waals surface area contributed by atoms with E-state index >= 15 is 0 Å². The highest BCUT2D eigenvalue weighted by molar-refractivity contribution is 6.04. The maximum atomic E-state index is 13.0. The van der Waals surface area contributed by atoms with Crippen molar-refractivity contribution >= 4 is 23.2 Å². The van der Waals surface area contributed by atoms with Crippen LogP contribution in [-0.4, -0.2) is 21.4 Å². The van der Waals surface area contributed by atoms with E-state index in [0.717, 1.165) is 49.3 Å². The van der Waals surface area contributed by atoms with Crippen molar-refractivity contribution in [2.45, 2.75) is 39.2 Å². The van der Waals surface area contributed by atoms with Crippen LogP contribution in [-0.2, 0) is 17.8 Å². The third-order valence-electron chi connectivity index (χ3n) is 5.08. The van der Waals surface area contributed by atoms with Crippen LogP contribution >= 0.6 is 0 Å². The molecule has 0 unspecified atom stereocenters. The van der Waals surface area contributed by atoms with E-state index in [1.807, 2.05) is 30.3 Å². The van der Waals surface area contributed by atoms with Crippen molar-refractivity contribution in [3.05, 3.63) is 66.0 Å². The molecule has 0 bridgehead atoms. The molecule has 3 aromatic rings. The van der Waals surface area contributed by atoms with Gasteiger partial charge in [-0.05, 0) is 43.5 Å². The Bertz CT molecular complexity index is 1020. The minimum Gasteiger partial charge on any atom is -0.327 e. The van der Waals surface area contributed by atoms with Crippen molar-refractivity contribution in [2.24, 2.45) is 0 Å². The van der Waals surface area contributed by atoms with Crippen molar-refractivity contribution < 1.29 is 9.59 Å². The van der Waals surface area contributed by atoms with Gasteiger partial charge in [0.1, 0.15) is 11.5 Å². The summed E-state index contributed by atoms with van der Waals surface area (Å²) in [7, 11) is 0. The van der Waals surface area contributed by atoms with Gasteiger partial charge >= 0.3 is 0 Å². The molecule has 0 fully saturated rings. The lowest BCUT2D eigenvalue weighted by Gasteiger charge is -2.09. The standard InChI is InChI=1S/C23H24N4O2/c1-16(28)24-18-11-13-19(14-12-18)25-23(29)21-20-10-6-3-7-15-27(20)22(26-21)17-8-4-2-5-9-17/h2,4-5,8-9,11-14H,3,6-7,10,15H2,1H3,(H,24,28)(H,25,29). The second kappa shape index (κ2) is 8.31. The first-order chi connectivity index (χ1) is 14.1. The predicted octanol–water partition coefficient (Wildman–Crippen LogP) is 4.49. The van der Waals surface area contributed by atoms with Crippen LogP contribution in [0.4, 0.5) is 11.4 Å². The number of hydrogen-bond donors (Lipinski definition) is 2. The number of hydrogen-bond acceptors (Lipinski definition) is 3. The quantitative estimate of drug-likeness (QED) is 0.691. The van der Waals surface area contributed by atoms with Gasteiger partial charge in [0.2, 0.25) is 5.91 Å². The molecule has 6 nitrogen and oxygen atoms in total. The fourth-order valence-corrected chi connectivity index (χ4v) is 3.74. The highest BCUT2D eigenvalue weighted by Crippen LogP contribution is 2.27. The lowest BCUT2D eigenvalue weighted by Crippen LogP contribution is -2.15. The second-order valence-electron chi connectivity index (χ2n) is 7.27. The summed E-state index contributed by atoms with van der Waals surface area (Å²) in [4.78, 5) is 29.0. The van der Waals surface area contributed by atoms with Crippen LogP contribution < -0.4 is 10.6 Å². The lowest BCUT2D eigenvalue weighted by molar-refractivity contribution is -0.114. The number of carbonyl (C=O) groups is 2. The van der Waals surface area contributed by atoms with E-state index < -0.39 is 0 Å². The van der Waals surface area contributed by atoms with Gasteiger partial charge < -0.3 is 15.2 Å². The summed E-state index contributed by atoms with van der Waals surface area (Å²) in [5, 5.41) is 5.67. The Morgan fingerprint density at radius 3 is 2.28 bits per heavy atom. The number of fused-ring (bicyclic) bond motifs is 1. The van der Waals surface area contributed by atoms with E-state index in [2.05, 4.69) is 15.2 Å². The molecule has 2 heterocycles. The average Bonchev–Trinajstić information content (AvgIpc) is 2.91. The van der Waals surface area contributed by atoms with Crippen molar-refractivity contribution in [1.29, 1.82) is 0 Å². The molecule has 6 heteroatoms. The molecular weight excluding hydrogens is 364 g/mol. The zero-order valence-corrected chi connectivity index (χ0v) is 16.4. The fourth-order valence-electron chi connectivity index (χ4n) is 3.74. The van der Waals surface area contributed by atoms with Gasteiger partial charge in [-0.2, -0.15) is 0 Å². The highest BCUT2D eigenvalue weighted by atomic mass is 16.2. The van der Waals surface area contributed by atoms with Crippen LogP contribution in [0.25, 0.3) is 11.4 Å². The van der Waals surface area contributed by atoms with Gasteiger partial charge in [0.15, 0.2) is 0 Å². The molecule has 1 aliphatic heterocycles. The van der Waals surface area contributed by atoms with Gasteiger partial charge in [0.05, 0.1) is 5.69 Å². The molecule has 2 N–H and O–H groups in total. The van der Waals surface area contributed by atoms with Crippen LogP contribution in [0.2, 0.25) is 0 Å². The van der Waals surface area contributed by atoms with Crippen LogP contribution in [0, 0.1) is 0 Å². The van der Waals surface area contributed by atoms with Gasteiger partial charge in [-0.15, -0.1) is 0 Å². The molecule has 29 heavy (non-hydrogen) atoms. The first-order valence-corrected chi connectivity index (χ1v) is 9.95. The van der Waals surface area contributed by atoms with Crippen LogP contribution in [0.15, 0.2) is 54.6 Å². The molecule has 0 saturated carbocycles. The maximum Gasteiger partial charge on any atom is 0.276 e. The van der Waals surface area contributed by atoms with Gasteiger partial charge in [-0.3, -0.25) is 9.59 Å². The average molecular weight is 388 g/mol. The number of rotatable bonds is 4. The zero-order chi connectivity index (χ0) is 20.2. The molecule has 0 atom stereocenters. The molecule has 0 radical (unpaired) electrons. The summed E-state index contributed by atoms with van der Waals surface area (Å²) in [6, 6.07) is 17.1. The second-order valence-corrected chi connectivity index (χ2v) is 7.27. The Balaban J connectivity index is 1.63. The largest absolute Gasteiger partial charge is 0.327 e. The van der Waals surface area contributed by atoms with Gasteiger partial charge in [-0.1, -0.05) is 36.8 Å². The summed E-state index contributed by atoms with van der Waals surface area (Å²) in [5.74, 6) is 0.523. The number of carbonyl (C=O) groups excluding carboxylic acids is 2. The minimum atomic E-state index is -0.204. The summed E-state index contributed by atoms with van der Waals surface area (Å²) >= 11 is 0. The van der Waals surface area contributed by atoms with Crippen molar-refractivity contribution in [3.63, 3.8) is 0 Å². The number of benzene rings is 2. The van der Waals surface area contributed by atoms with Crippen LogP contribution in [0.1, 0.15) is 42.4 Å². The minimum absolute atomic E-state index is 0.129. The van der Waals surface area contributed by atoms with Crippen molar-refractivity contribution in [3.8, 4) is 11.4 Å². The molecular formula is C23H24N4O2. The Kier molecular flexibility index (Phi) is 5.42. The predicted molar refractivity (Wildman–Crippen MR) is 114 cm³/mol. The molecule has 0 spiro atoms. The molecule has 4 rings (SSSR count). The first-order valence-electron chi connectivity index (χ1n) is 9.95.